The van der Waals surface area contributed by atoms with Crippen LogP contribution in [0.15, 0.2) is 54.6 Å². The number of nitrogens with zero attached hydrogens (tertiary/aromatic N) is 3. The average molecular weight is 652 g/mol. The van der Waals surface area contributed by atoms with Crippen LogP contribution in [0.4, 0.5) is 26.3 Å². The van der Waals surface area contributed by atoms with E-state index in [0.29, 0.717) is 24.4 Å². The molecule has 5 rings (SSSR count). The lowest BCUT2D eigenvalue weighted by atomic mass is 9.87. The molecule has 2 unspecified atom stereocenters. The lowest BCUT2D eigenvalue weighted by molar-refractivity contribution is -0.193. The van der Waals surface area contributed by atoms with Crippen molar-refractivity contribution in [2.75, 3.05) is 32.7 Å². The second kappa shape index (κ2) is 15.1. The highest BCUT2D eigenvalue weighted by atomic mass is 35.5. The smallest absolute Gasteiger partial charge is 0.475 e. The van der Waals surface area contributed by atoms with Crippen LogP contribution in [0.1, 0.15) is 24.0 Å². The highest BCUT2D eigenvalue weighted by Gasteiger charge is 2.49. The molecule has 3 fully saturated rings. The first-order valence-corrected chi connectivity index (χ1v) is 14.1. The van der Waals surface area contributed by atoms with Gasteiger partial charge in [0.2, 0.25) is 5.91 Å². The van der Waals surface area contributed by atoms with Gasteiger partial charge in [0.15, 0.2) is 0 Å². The Balaban J connectivity index is 0.000000317. The third kappa shape index (κ3) is 10.4. The Morgan fingerprint density at radius 2 is 1.30 bits per heavy atom. The number of rotatable bonds is 5. The van der Waals surface area contributed by atoms with Crippen LogP contribution < -0.4 is 0 Å². The van der Waals surface area contributed by atoms with Gasteiger partial charge in [-0.05, 0) is 49.2 Å². The van der Waals surface area contributed by atoms with E-state index in [-0.39, 0.29) is 5.91 Å². The number of aliphatic carboxylic acids is 2. The van der Waals surface area contributed by atoms with Gasteiger partial charge in [-0.3, -0.25) is 14.6 Å². The van der Waals surface area contributed by atoms with Gasteiger partial charge in [-0.15, -0.1) is 0 Å². The van der Waals surface area contributed by atoms with Crippen molar-refractivity contribution in [3.63, 3.8) is 0 Å². The Labute approximate surface area is 254 Å². The summed E-state index contributed by atoms with van der Waals surface area (Å²) in [4.78, 5) is 37.9. The number of likely N-dealkylation sites (tertiary alicyclic amines) is 3. The maximum atomic E-state index is 12.8. The maximum Gasteiger partial charge on any atom is 0.490 e. The number of carbonyl (C=O) groups is 3. The third-order valence-electron chi connectivity index (χ3n) is 7.66. The summed E-state index contributed by atoms with van der Waals surface area (Å²) in [5.74, 6) is -4.59. The molecule has 2 atom stereocenters. The molecule has 242 valence electrons. The van der Waals surface area contributed by atoms with E-state index >= 15 is 0 Å². The topological polar surface area (TPSA) is 101 Å². The van der Waals surface area contributed by atoms with Crippen molar-refractivity contribution >= 4 is 29.4 Å². The molecule has 2 aromatic rings. The number of fused-ring (bicyclic) bond motifs is 1. The average Bonchev–Trinajstić information content (AvgIpc) is 3.27. The van der Waals surface area contributed by atoms with Crippen molar-refractivity contribution < 1.29 is 50.9 Å². The molecule has 0 saturated carbocycles. The molecule has 0 radical (unpaired) electrons. The van der Waals surface area contributed by atoms with Gasteiger partial charge < -0.3 is 15.1 Å². The van der Waals surface area contributed by atoms with Crippen LogP contribution in [0.3, 0.4) is 0 Å². The summed E-state index contributed by atoms with van der Waals surface area (Å²) in [7, 11) is 0. The number of carbonyl (C=O) groups excluding carboxylic acids is 1. The van der Waals surface area contributed by atoms with Crippen molar-refractivity contribution in [3.05, 3.63) is 70.7 Å². The lowest BCUT2D eigenvalue weighted by Gasteiger charge is -2.50. The normalized spacial score (nSPS) is 20.8. The number of carboxylic acid groups (broad SMARTS) is 2. The number of hydrogen-bond acceptors (Lipinski definition) is 5. The largest absolute Gasteiger partial charge is 0.490 e. The highest BCUT2D eigenvalue weighted by molar-refractivity contribution is 6.30. The fraction of sp³-hybridized carbons (Fsp3) is 0.483. The number of alkyl halides is 6. The summed E-state index contributed by atoms with van der Waals surface area (Å²) < 4.78 is 63.5. The van der Waals surface area contributed by atoms with Gasteiger partial charge in [0.25, 0.3) is 0 Å². The molecule has 3 aliphatic heterocycles. The van der Waals surface area contributed by atoms with Crippen LogP contribution in [0.25, 0.3) is 0 Å². The first kappa shape index (κ1) is 35.1. The third-order valence-corrected chi connectivity index (χ3v) is 7.91. The van der Waals surface area contributed by atoms with Crippen LogP contribution >= 0.6 is 11.6 Å². The molecule has 0 aromatic heterocycles. The van der Waals surface area contributed by atoms with Crippen molar-refractivity contribution in [2.24, 2.45) is 5.92 Å². The molecule has 15 heteroatoms. The lowest BCUT2D eigenvalue weighted by Crippen LogP contribution is -2.61. The molecule has 0 spiro atoms. The van der Waals surface area contributed by atoms with E-state index in [0.717, 1.165) is 30.2 Å². The number of amides is 1. The Bertz CT molecular complexity index is 1230. The Morgan fingerprint density at radius 3 is 1.80 bits per heavy atom. The minimum atomic E-state index is -5.08. The Hall–Kier alpha value is -3.36. The molecular weight excluding hydrogens is 620 g/mol. The summed E-state index contributed by atoms with van der Waals surface area (Å²) in [6.07, 6.45) is -7.20. The first-order valence-electron chi connectivity index (χ1n) is 13.7. The minimum absolute atomic E-state index is 0.254. The van der Waals surface area contributed by atoms with Gasteiger partial charge in [0, 0.05) is 49.2 Å². The second-order valence-corrected chi connectivity index (χ2v) is 11.2. The van der Waals surface area contributed by atoms with E-state index in [1.54, 1.807) is 0 Å². The fourth-order valence-corrected chi connectivity index (χ4v) is 5.57. The quantitative estimate of drug-likeness (QED) is 0.441. The summed E-state index contributed by atoms with van der Waals surface area (Å²) in [6.45, 7) is 6.41. The van der Waals surface area contributed by atoms with E-state index in [1.165, 1.54) is 38.0 Å². The van der Waals surface area contributed by atoms with Gasteiger partial charge >= 0.3 is 24.3 Å². The zero-order valence-electron chi connectivity index (χ0n) is 23.4. The molecule has 8 nitrogen and oxygen atoms in total. The van der Waals surface area contributed by atoms with E-state index in [4.69, 9.17) is 31.4 Å². The molecule has 0 bridgehead atoms. The number of benzene rings is 2. The van der Waals surface area contributed by atoms with Crippen molar-refractivity contribution in [1.82, 2.24) is 14.7 Å². The van der Waals surface area contributed by atoms with Crippen LogP contribution in [0.5, 0.6) is 0 Å². The van der Waals surface area contributed by atoms with Crippen LogP contribution in [-0.2, 0) is 27.3 Å². The van der Waals surface area contributed by atoms with Crippen LogP contribution in [0, 0.1) is 5.92 Å². The number of piperidine rings is 1. The SMILES string of the molecule is O=C(Cc1ccc(Cl)cc1)N1CC2CN(C3CCN(Cc4ccccc4)CC3)C2C1.O=C(O)C(F)(F)F.O=C(O)C(F)(F)F. The molecule has 0 aliphatic carbocycles. The van der Waals surface area contributed by atoms with Crippen LogP contribution in [0.2, 0.25) is 5.02 Å². The van der Waals surface area contributed by atoms with E-state index < -0.39 is 24.3 Å². The maximum absolute atomic E-state index is 12.8. The molecule has 1 amide bonds. The zero-order chi connectivity index (χ0) is 32.7. The molecule has 2 N–H and O–H groups in total. The first-order chi connectivity index (χ1) is 20.5. The monoisotopic (exact) mass is 651 g/mol. The summed E-state index contributed by atoms with van der Waals surface area (Å²) in [6, 6.07) is 19.7. The predicted molar refractivity (Wildman–Crippen MR) is 148 cm³/mol. The van der Waals surface area contributed by atoms with E-state index in [1.807, 2.05) is 24.3 Å². The standard InChI is InChI=1S/C25H30ClN3O.2C2HF3O2/c26-22-8-6-19(7-9-22)14-25(30)28-16-21-17-29(24(21)18-28)23-10-12-27(13-11-23)15-20-4-2-1-3-5-20;2*3-2(4,5)1(6)7/h1-9,21,23-24H,10-18H2;2*(H,6,7). The molecular formula is C29H32ClF6N3O5. The molecule has 2 aromatic carbocycles. The fourth-order valence-electron chi connectivity index (χ4n) is 5.44. The number of hydrogen-bond donors (Lipinski definition) is 2. The van der Waals surface area contributed by atoms with Gasteiger partial charge in [-0.25, -0.2) is 9.59 Å². The Morgan fingerprint density at radius 1 is 0.773 bits per heavy atom. The molecule has 3 aliphatic rings. The van der Waals surface area contributed by atoms with Gasteiger partial charge in [0.1, 0.15) is 0 Å². The summed E-state index contributed by atoms with van der Waals surface area (Å²) in [5, 5.41) is 15.0. The predicted octanol–water partition coefficient (Wildman–Crippen LogP) is 4.96. The molecule has 3 heterocycles. The second-order valence-electron chi connectivity index (χ2n) is 10.7. The Kier molecular flexibility index (Phi) is 12.0. The molecule has 3 saturated heterocycles. The number of carboxylic acids is 2. The van der Waals surface area contributed by atoms with Gasteiger partial charge in [-0.2, -0.15) is 26.3 Å². The van der Waals surface area contributed by atoms with Gasteiger partial charge in [-0.1, -0.05) is 54.1 Å². The van der Waals surface area contributed by atoms with Crippen molar-refractivity contribution in [3.8, 4) is 0 Å². The zero-order valence-corrected chi connectivity index (χ0v) is 24.2. The van der Waals surface area contributed by atoms with Gasteiger partial charge in [0.05, 0.1) is 6.42 Å². The van der Waals surface area contributed by atoms with Crippen molar-refractivity contribution in [1.29, 1.82) is 0 Å². The van der Waals surface area contributed by atoms with E-state index in [2.05, 4.69) is 45.0 Å². The van der Waals surface area contributed by atoms with E-state index in [9.17, 15) is 31.1 Å². The summed E-state index contributed by atoms with van der Waals surface area (Å²) >= 11 is 5.96. The molecule has 44 heavy (non-hydrogen) atoms. The minimum Gasteiger partial charge on any atom is -0.475 e. The number of halogens is 7. The van der Waals surface area contributed by atoms with Crippen molar-refractivity contribution in [2.45, 2.75) is 50.2 Å². The summed E-state index contributed by atoms with van der Waals surface area (Å²) in [5.41, 5.74) is 2.46. The van der Waals surface area contributed by atoms with Crippen LogP contribution in [-0.4, -0.2) is 99.9 Å². The highest BCUT2D eigenvalue weighted by Crippen LogP contribution is 2.37.